The van der Waals surface area contributed by atoms with Crippen molar-refractivity contribution in [1.29, 1.82) is 0 Å². The Morgan fingerprint density at radius 2 is 2.08 bits per heavy atom. The smallest absolute Gasteiger partial charge is 0.132 e. The van der Waals surface area contributed by atoms with Crippen LogP contribution in [-0.2, 0) is 0 Å². The largest absolute Gasteiger partial charge is 0.363 e. The highest BCUT2D eigenvalue weighted by Crippen LogP contribution is 2.22. The van der Waals surface area contributed by atoms with Crippen molar-refractivity contribution in [2.45, 2.75) is 0 Å². The molecule has 0 saturated heterocycles. The van der Waals surface area contributed by atoms with Gasteiger partial charge in [0, 0.05) is 17.8 Å². The van der Waals surface area contributed by atoms with Gasteiger partial charge in [0.2, 0.25) is 0 Å². The Kier molecular flexibility index (Phi) is 1.16. The second-order valence-corrected chi connectivity index (χ2v) is 2.91. The van der Waals surface area contributed by atoms with Crippen molar-refractivity contribution in [1.82, 2.24) is 10.1 Å². The minimum Gasteiger partial charge on any atom is -0.363 e. The summed E-state index contributed by atoms with van der Waals surface area (Å²) in [6, 6.07) is 5.94. The van der Waals surface area contributed by atoms with E-state index in [9.17, 15) is 0 Å². The van der Waals surface area contributed by atoms with E-state index < -0.39 is 0 Å². The standard InChI is InChI=1S/C10H6N2O/c1-2-10-9(6-13-12-10)8-5-11-4-3-7(1)8/h1-6H. The molecule has 3 aromatic rings. The van der Waals surface area contributed by atoms with Gasteiger partial charge in [0.25, 0.3) is 0 Å². The van der Waals surface area contributed by atoms with E-state index in [0.717, 1.165) is 21.7 Å². The van der Waals surface area contributed by atoms with Crippen molar-refractivity contribution < 1.29 is 4.52 Å². The fourth-order valence-corrected chi connectivity index (χ4v) is 1.51. The lowest BCUT2D eigenvalue weighted by Crippen LogP contribution is -1.75. The van der Waals surface area contributed by atoms with Gasteiger partial charge < -0.3 is 4.52 Å². The minimum absolute atomic E-state index is 0.875. The van der Waals surface area contributed by atoms with E-state index in [-0.39, 0.29) is 0 Å². The van der Waals surface area contributed by atoms with Crippen LogP contribution in [0, 0.1) is 0 Å². The first kappa shape index (κ1) is 6.60. The van der Waals surface area contributed by atoms with Gasteiger partial charge in [0.1, 0.15) is 11.8 Å². The van der Waals surface area contributed by atoms with Gasteiger partial charge in [-0.05, 0) is 17.5 Å². The van der Waals surface area contributed by atoms with E-state index >= 15 is 0 Å². The summed E-state index contributed by atoms with van der Waals surface area (Å²) in [6.45, 7) is 0. The van der Waals surface area contributed by atoms with E-state index in [1.807, 2.05) is 24.4 Å². The van der Waals surface area contributed by atoms with E-state index in [0.29, 0.717) is 0 Å². The number of hydrogen-bond donors (Lipinski definition) is 0. The van der Waals surface area contributed by atoms with Crippen LogP contribution in [0.5, 0.6) is 0 Å². The van der Waals surface area contributed by atoms with Gasteiger partial charge >= 0.3 is 0 Å². The van der Waals surface area contributed by atoms with Crippen molar-refractivity contribution in [2.75, 3.05) is 0 Å². The summed E-state index contributed by atoms with van der Waals surface area (Å²) in [7, 11) is 0. The van der Waals surface area contributed by atoms with Gasteiger partial charge in [0.05, 0.1) is 5.39 Å². The number of nitrogens with zero attached hydrogens (tertiary/aromatic N) is 2. The van der Waals surface area contributed by atoms with Gasteiger partial charge in [-0.25, -0.2) is 0 Å². The van der Waals surface area contributed by atoms with Crippen LogP contribution in [0.4, 0.5) is 0 Å². The van der Waals surface area contributed by atoms with Crippen molar-refractivity contribution >= 4 is 21.7 Å². The number of aromatic nitrogens is 2. The third-order valence-corrected chi connectivity index (χ3v) is 2.16. The van der Waals surface area contributed by atoms with Gasteiger partial charge in [0.15, 0.2) is 0 Å². The lowest BCUT2D eigenvalue weighted by molar-refractivity contribution is 0.428. The summed E-state index contributed by atoms with van der Waals surface area (Å²) >= 11 is 0. The first-order valence-corrected chi connectivity index (χ1v) is 4.02. The molecule has 0 unspecified atom stereocenters. The third kappa shape index (κ3) is 0.839. The Morgan fingerprint density at radius 3 is 3.08 bits per heavy atom. The summed E-state index contributed by atoms with van der Waals surface area (Å²) in [5.74, 6) is 0. The Balaban J connectivity index is 2.65. The summed E-state index contributed by atoms with van der Waals surface area (Å²) in [6.07, 6.45) is 5.26. The van der Waals surface area contributed by atoms with Crippen LogP contribution in [0.2, 0.25) is 0 Å². The summed E-state index contributed by atoms with van der Waals surface area (Å²) < 4.78 is 4.90. The number of fused-ring (bicyclic) bond motifs is 3. The van der Waals surface area contributed by atoms with Crippen LogP contribution in [0.15, 0.2) is 41.4 Å². The molecule has 2 aromatic heterocycles. The van der Waals surface area contributed by atoms with Gasteiger partial charge in [-0.3, -0.25) is 4.98 Å². The second kappa shape index (κ2) is 2.29. The zero-order valence-electron chi connectivity index (χ0n) is 6.77. The predicted octanol–water partition coefficient (Wildman–Crippen LogP) is 2.38. The maximum atomic E-state index is 4.90. The molecule has 0 atom stereocenters. The van der Waals surface area contributed by atoms with Crippen LogP contribution in [-0.4, -0.2) is 10.1 Å². The summed E-state index contributed by atoms with van der Waals surface area (Å²) in [5, 5.41) is 7.13. The minimum atomic E-state index is 0.875. The molecular weight excluding hydrogens is 164 g/mol. The highest BCUT2D eigenvalue weighted by molar-refractivity contribution is 6.04. The van der Waals surface area contributed by atoms with Crippen molar-refractivity contribution in [3.05, 3.63) is 36.9 Å². The molecule has 0 fully saturated rings. The van der Waals surface area contributed by atoms with Crippen molar-refractivity contribution in [3.8, 4) is 0 Å². The average molecular weight is 170 g/mol. The van der Waals surface area contributed by atoms with E-state index in [1.165, 1.54) is 0 Å². The summed E-state index contributed by atoms with van der Waals surface area (Å²) in [4.78, 5) is 4.07. The van der Waals surface area contributed by atoms with Crippen molar-refractivity contribution in [3.63, 3.8) is 0 Å². The quantitative estimate of drug-likeness (QED) is 0.520. The molecule has 0 aliphatic carbocycles. The molecule has 2 heterocycles. The highest BCUT2D eigenvalue weighted by Gasteiger charge is 2.02. The monoisotopic (exact) mass is 170 g/mol. The van der Waals surface area contributed by atoms with E-state index in [1.54, 1.807) is 12.5 Å². The van der Waals surface area contributed by atoms with Gasteiger partial charge in [-0.2, -0.15) is 0 Å². The lowest BCUT2D eigenvalue weighted by atomic mass is 10.1. The molecule has 0 aliphatic rings. The van der Waals surface area contributed by atoms with Crippen LogP contribution >= 0.6 is 0 Å². The average Bonchev–Trinajstić information content (AvgIpc) is 2.65. The van der Waals surface area contributed by atoms with Crippen LogP contribution in [0.3, 0.4) is 0 Å². The zero-order valence-corrected chi connectivity index (χ0v) is 6.77. The maximum absolute atomic E-state index is 4.90. The fourth-order valence-electron chi connectivity index (χ4n) is 1.51. The SMILES string of the molecule is c1cc2ccc3nocc3c2cn1. The molecule has 0 radical (unpaired) electrons. The molecular formula is C10H6N2O. The normalized spacial score (nSPS) is 11.1. The van der Waals surface area contributed by atoms with Crippen LogP contribution < -0.4 is 0 Å². The summed E-state index contributed by atoms with van der Waals surface area (Å²) in [5.41, 5.74) is 0.875. The molecule has 0 spiro atoms. The zero-order chi connectivity index (χ0) is 8.67. The van der Waals surface area contributed by atoms with E-state index in [4.69, 9.17) is 4.52 Å². The molecule has 0 aliphatic heterocycles. The number of rotatable bonds is 0. The number of hydrogen-bond acceptors (Lipinski definition) is 3. The van der Waals surface area contributed by atoms with Gasteiger partial charge in [-0.15, -0.1) is 0 Å². The number of pyridine rings is 1. The fraction of sp³-hybridized carbons (Fsp3) is 0. The molecule has 0 N–H and O–H groups in total. The van der Waals surface area contributed by atoms with Gasteiger partial charge in [-0.1, -0.05) is 11.2 Å². The molecule has 13 heavy (non-hydrogen) atoms. The third-order valence-electron chi connectivity index (χ3n) is 2.16. The molecule has 0 saturated carbocycles. The molecule has 3 nitrogen and oxygen atoms in total. The highest BCUT2D eigenvalue weighted by atomic mass is 16.5. The lowest BCUT2D eigenvalue weighted by Gasteiger charge is -1.94. The first-order chi connectivity index (χ1) is 6.45. The Hall–Kier alpha value is -1.90. The molecule has 3 rings (SSSR count). The Labute approximate surface area is 74.0 Å². The second-order valence-electron chi connectivity index (χ2n) is 2.91. The topological polar surface area (TPSA) is 38.9 Å². The Morgan fingerprint density at radius 1 is 1.08 bits per heavy atom. The molecule has 1 aromatic carbocycles. The maximum Gasteiger partial charge on any atom is 0.132 e. The Bertz CT molecular complexity index is 571. The van der Waals surface area contributed by atoms with E-state index in [2.05, 4.69) is 10.1 Å². The first-order valence-electron chi connectivity index (χ1n) is 4.02. The predicted molar refractivity (Wildman–Crippen MR) is 49.3 cm³/mol. The molecule has 3 heteroatoms. The molecule has 62 valence electrons. The van der Waals surface area contributed by atoms with Crippen molar-refractivity contribution in [2.24, 2.45) is 0 Å². The number of benzene rings is 1. The molecule has 0 amide bonds. The van der Waals surface area contributed by atoms with Crippen LogP contribution in [0.25, 0.3) is 21.7 Å². The van der Waals surface area contributed by atoms with Crippen LogP contribution in [0.1, 0.15) is 0 Å². The molecule has 0 bridgehead atoms.